The van der Waals surface area contributed by atoms with Gasteiger partial charge in [-0.25, -0.2) is 4.98 Å². The second-order valence-corrected chi connectivity index (χ2v) is 8.26. The van der Waals surface area contributed by atoms with Gasteiger partial charge in [-0.05, 0) is 55.6 Å². The number of aromatic nitrogens is 3. The topological polar surface area (TPSA) is 45.2 Å². The van der Waals surface area contributed by atoms with Crippen molar-refractivity contribution in [1.29, 1.82) is 0 Å². The lowest BCUT2D eigenvalue weighted by Crippen LogP contribution is -2.49. The number of nitrogens with zero attached hydrogens (tertiary/aromatic N) is 5. The number of likely N-dealkylation sites (tertiary alicyclic amines) is 1. The SMILES string of the molecule is Clc1ccc2nc(N3CCC4CCN(CCc5ccccn5)C4C3)cnc2c1. The molecule has 6 heteroatoms. The molecule has 1 aromatic carbocycles. The summed E-state index contributed by atoms with van der Waals surface area (Å²) in [5.74, 6) is 1.78. The van der Waals surface area contributed by atoms with Crippen molar-refractivity contribution in [2.75, 3.05) is 31.1 Å². The molecule has 2 aromatic heterocycles. The quantitative estimate of drug-likeness (QED) is 0.674. The highest BCUT2D eigenvalue weighted by molar-refractivity contribution is 6.31. The summed E-state index contributed by atoms with van der Waals surface area (Å²) in [6.07, 6.45) is 7.33. The molecule has 5 nitrogen and oxygen atoms in total. The number of rotatable bonds is 4. The first-order valence-electron chi connectivity index (χ1n) is 10.1. The predicted octanol–water partition coefficient (Wildman–Crippen LogP) is 3.82. The molecule has 0 radical (unpaired) electrons. The van der Waals surface area contributed by atoms with E-state index in [1.54, 1.807) is 0 Å². The van der Waals surface area contributed by atoms with E-state index in [-0.39, 0.29) is 0 Å². The maximum absolute atomic E-state index is 6.07. The third kappa shape index (κ3) is 3.56. The summed E-state index contributed by atoms with van der Waals surface area (Å²) in [4.78, 5) is 19.0. The molecule has 4 heterocycles. The summed E-state index contributed by atoms with van der Waals surface area (Å²) >= 11 is 6.07. The van der Waals surface area contributed by atoms with E-state index in [0.29, 0.717) is 11.1 Å². The molecule has 0 saturated carbocycles. The van der Waals surface area contributed by atoms with Gasteiger partial charge in [-0.3, -0.25) is 14.9 Å². The smallest absolute Gasteiger partial charge is 0.147 e. The zero-order chi connectivity index (χ0) is 18.9. The number of halogens is 1. The Hall–Kier alpha value is -2.24. The van der Waals surface area contributed by atoms with E-state index in [4.69, 9.17) is 16.6 Å². The monoisotopic (exact) mass is 393 g/mol. The van der Waals surface area contributed by atoms with Gasteiger partial charge in [0, 0.05) is 49.0 Å². The average molecular weight is 394 g/mol. The number of fused-ring (bicyclic) bond motifs is 2. The van der Waals surface area contributed by atoms with Crippen LogP contribution in [0.25, 0.3) is 11.0 Å². The van der Waals surface area contributed by atoms with Crippen LogP contribution < -0.4 is 4.90 Å². The Bertz CT molecular complexity index is 964. The van der Waals surface area contributed by atoms with Crippen molar-refractivity contribution < 1.29 is 0 Å². The summed E-state index contributed by atoms with van der Waals surface area (Å²) in [7, 11) is 0. The van der Waals surface area contributed by atoms with Crippen LogP contribution >= 0.6 is 11.6 Å². The fourth-order valence-electron chi connectivity index (χ4n) is 4.64. The number of hydrogen-bond donors (Lipinski definition) is 0. The van der Waals surface area contributed by atoms with Crippen LogP contribution in [0.1, 0.15) is 18.5 Å². The molecule has 28 heavy (non-hydrogen) atoms. The maximum Gasteiger partial charge on any atom is 0.147 e. The van der Waals surface area contributed by atoms with Crippen molar-refractivity contribution in [3.05, 3.63) is 59.5 Å². The molecule has 5 rings (SSSR count). The first kappa shape index (κ1) is 17.8. The molecule has 0 N–H and O–H groups in total. The van der Waals surface area contributed by atoms with Gasteiger partial charge in [0.2, 0.25) is 0 Å². The van der Waals surface area contributed by atoms with E-state index in [9.17, 15) is 0 Å². The first-order valence-corrected chi connectivity index (χ1v) is 10.5. The molecule has 2 fully saturated rings. The minimum Gasteiger partial charge on any atom is -0.354 e. The molecular formula is C22H24ClN5. The normalized spacial score (nSPS) is 22.5. The second-order valence-electron chi connectivity index (χ2n) is 7.82. The highest BCUT2D eigenvalue weighted by Gasteiger charge is 2.38. The van der Waals surface area contributed by atoms with Crippen molar-refractivity contribution in [3.63, 3.8) is 0 Å². The van der Waals surface area contributed by atoms with Crippen LogP contribution in [-0.4, -0.2) is 52.1 Å². The third-order valence-corrected chi connectivity index (χ3v) is 6.41. The lowest BCUT2D eigenvalue weighted by molar-refractivity contribution is 0.209. The Morgan fingerprint density at radius 2 is 1.96 bits per heavy atom. The Labute approximate surface area is 170 Å². The Balaban J connectivity index is 1.30. The minimum absolute atomic E-state index is 0.597. The standard InChI is InChI=1S/C22H24ClN5/c23-17-4-5-19-20(13-17)25-14-22(26-19)28-11-7-16-6-10-27(21(16)15-28)12-8-18-3-1-2-9-24-18/h1-5,9,13-14,16,21H,6-8,10-12,15H2. The fourth-order valence-corrected chi connectivity index (χ4v) is 4.81. The lowest BCUT2D eigenvalue weighted by Gasteiger charge is -2.39. The Morgan fingerprint density at radius 1 is 1.04 bits per heavy atom. The van der Waals surface area contributed by atoms with Gasteiger partial charge in [0.05, 0.1) is 17.2 Å². The predicted molar refractivity (Wildman–Crippen MR) is 113 cm³/mol. The summed E-state index contributed by atoms with van der Waals surface area (Å²) in [6.45, 7) is 4.36. The average Bonchev–Trinajstić information content (AvgIpc) is 3.15. The van der Waals surface area contributed by atoms with Gasteiger partial charge in [-0.15, -0.1) is 0 Å². The van der Waals surface area contributed by atoms with Gasteiger partial charge < -0.3 is 4.90 Å². The molecular weight excluding hydrogens is 370 g/mol. The van der Waals surface area contributed by atoms with Gasteiger partial charge in [0.15, 0.2) is 0 Å². The van der Waals surface area contributed by atoms with Crippen molar-refractivity contribution in [2.24, 2.45) is 5.92 Å². The lowest BCUT2D eigenvalue weighted by atomic mass is 9.92. The number of pyridine rings is 1. The van der Waals surface area contributed by atoms with E-state index < -0.39 is 0 Å². The van der Waals surface area contributed by atoms with Crippen LogP contribution in [0, 0.1) is 5.92 Å². The van der Waals surface area contributed by atoms with E-state index in [2.05, 4.69) is 31.9 Å². The van der Waals surface area contributed by atoms with Crippen LogP contribution in [0.15, 0.2) is 48.8 Å². The number of benzene rings is 1. The van der Waals surface area contributed by atoms with E-state index in [0.717, 1.165) is 48.8 Å². The zero-order valence-electron chi connectivity index (χ0n) is 15.8. The fraction of sp³-hybridized carbons (Fsp3) is 0.409. The molecule has 144 valence electrons. The molecule has 0 aliphatic carbocycles. The molecule has 0 amide bonds. The van der Waals surface area contributed by atoms with Crippen LogP contribution in [0.4, 0.5) is 5.82 Å². The molecule has 2 unspecified atom stereocenters. The highest BCUT2D eigenvalue weighted by atomic mass is 35.5. The molecule has 2 atom stereocenters. The zero-order valence-corrected chi connectivity index (χ0v) is 16.6. The maximum atomic E-state index is 6.07. The van der Waals surface area contributed by atoms with Gasteiger partial charge in [-0.2, -0.15) is 0 Å². The van der Waals surface area contributed by atoms with Gasteiger partial charge in [-0.1, -0.05) is 17.7 Å². The summed E-state index contributed by atoms with van der Waals surface area (Å²) in [5, 5.41) is 0.699. The van der Waals surface area contributed by atoms with Crippen molar-refractivity contribution in [1.82, 2.24) is 19.9 Å². The largest absolute Gasteiger partial charge is 0.354 e. The number of anilines is 1. The summed E-state index contributed by atoms with van der Waals surface area (Å²) in [5.41, 5.74) is 2.93. The molecule has 2 aliphatic rings. The van der Waals surface area contributed by atoms with Crippen LogP contribution in [-0.2, 0) is 6.42 Å². The second kappa shape index (κ2) is 7.64. The number of hydrogen-bond acceptors (Lipinski definition) is 5. The summed E-state index contributed by atoms with van der Waals surface area (Å²) < 4.78 is 0. The van der Waals surface area contributed by atoms with Gasteiger partial charge in [0.1, 0.15) is 5.82 Å². The van der Waals surface area contributed by atoms with Gasteiger partial charge in [0.25, 0.3) is 0 Å². The van der Waals surface area contributed by atoms with E-state index in [1.807, 2.05) is 36.7 Å². The Morgan fingerprint density at radius 3 is 2.86 bits per heavy atom. The van der Waals surface area contributed by atoms with Crippen molar-refractivity contribution in [3.8, 4) is 0 Å². The highest BCUT2D eigenvalue weighted by Crippen LogP contribution is 2.33. The molecule has 2 aliphatic heterocycles. The summed E-state index contributed by atoms with van der Waals surface area (Å²) in [6, 6.07) is 12.5. The third-order valence-electron chi connectivity index (χ3n) is 6.17. The van der Waals surface area contributed by atoms with Crippen LogP contribution in [0.5, 0.6) is 0 Å². The first-order chi connectivity index (χ1) is 13.8. The molecule has 3 aromatic rings. The number of piperidine rings is 1. The van der Waals surface area contributed by atoms with Gasteiger partial charge >= 0.3 is 0 Å². The Kier molecular flexibility index (Phi) is 4.87. The van der Waals surface area contributed by atoms with E-state index >= 15 is 0 Å². The van der Waals surface area contributed by atoms with Crippen molar-refractivity contribution in [2.45, 2.75) is 25.3 Å². The van der Waals surface area contributed by atoms with E-state index in [1.165, 1.54) is 25.1 Å². The van der Waals surface area contributed by atoms with Crippen LogP contribution in [0.3, 0.4) is 0 Å². The molecule has 0 spiro atoms. The van der Waals surface area contributed by atoms with Crippen molar-refractivity contribution >= 4 is 28.5 Å². The minimum atomic E-state index is 0.597. The molecule has 0 bridgehead atoms. The molecule has 2 saturated heterocycles. The van der Waals surface area contributed by atoms with Crippen LogP contribution in [0.2, 0.25) is 5.02 Å².